The van der Waals surface area contributed by atoms with E-state index in [0.717, 1.165) is 7.11 Å². The third-order valence-corrected chi connectivity index (χ3v) is 2.81. The van der Waals surface area contributed by atoms with Gasteiger partial charge in [0, 0.05) is 24.8 Å². The van der Waals surface area contributed by atoms with Gasteiger partial charge in [-0.3, -0.25) is 14.4 Å². The molecule has 0 amide bonds. The van der Waals surface area contributed by atoms with Crippen molar-refractivity contribution in [2.75, 3.05) is 13.7 Å². The first-order chi connectivity index (χ1) is 12.3. The van der Waals surface area contributed by atoms with E-state index in [4.69, 9.17) is 23.1 Å². The van der Waals surface area contributed by atoms with Gasteiger partial charge < -0.3 is 28.8 Å². The number of ether oxygens (including phenoxy) is 5. The molecule has 10 nitrogen and oxygen atoms in total. The Labute approximate surface area is 135 Å². The largest absolute Gasteiger partial charge is 0.464 e. The zero-order chi connectivity index (χ0) is 19.9. The normalized spacial score (nSPS) is 31.2. The van der Waals surface area contributed by atoms with Gasteiger partial charge in [0.05, 0.1) is 13.7 Å². The van der Waals surface area contributed by atoms with Crippen molar-refractivity contribution in [3.63, 3.8) is 0 Å². The van der Waals surface area contributed by atoms with Gasteiger partial charge in [0.2, 0.25) is 6.10 Å². The van der Waals surface area contributed by atoms with Crippen molar-refractivity contribution in [2.24, 2.45) is 0 Å². The number of carbonyl (C=O) groups is 4. The third kappa shape index (κ3) is 3.96. The van der Waals surface area contributed by atoms with E-state index in [-0.39, 0.29) is 0 Å². The van der Waals surface area contributed by atoms with E-state index in [2.05, 4.69) is 4.74 Å². The lowest BCUT2D eigenvalue weighted by atomic mass is 10.0. The van der Waals surface area contributed by atoms with E-state index in [1.54, 1.807) is 0 Å². The van der Waals surface area contributed by atoms with Crippen LogP contribution in [0.1, 0.15) is 24.8 Å². The first-order valence-corrected chi connectivity index (χ1v) is 6.15. The van der Waals surface area contributed by atoms with Crippen molar-refractivity contribution in [1.82, 2.24) is 0 Å². The number of aliphatic hydroxyl groups excluding tert-OH is 1. The second kappa shape index (κ2) is 7.38. The highest BCUT2D eigenvalue weighted by atomic mass is 16.8. The number of hydrogen-bond acceptors (Lipinski definition) is 10. The van der Waals surface area contributed by atoms with Gasteiger partial charge in [0.1, 0.15) is 6.10 Å². The third-order valence-electron chi connectivity index (χ3n) is 2.81. The van der Waals surface area contributed by atoms with E-state index < -0.39 is 75.3 Å². The van der Waals surface area contributed by atoms with Crippen LogP contribution in [0.4, 0.5) is 0 Å². The summed E-state index contributed by atoms with van der Waals surface area (Å²) in [5.74, 6) is -7.65. The summed E-state index contributed by atoms with van der Waals surface area (Å²) in [6.07, 6.45) is -5.03. The molecule has 1 fully saturated rings. The van der Waals surface area contributed by atoms with Crippen LogP contribution in [0.3, 0.4) is 0 Å². The summed E-state index contributed by atoms with van der Waals surface area (Å²) >= 11 is 0. The van der Waals surface area contributed by atoms with Crippen molar-refractivity contribution >= 4 is 23.9 Å². The maximum atomic E-state index is 12.2. The van der Waals surface area contributed by atoms with Gasteiger partial charge in [-0.1, -0.05) is 0 Å². The minimum absolute atomic E-state index is 0.828. The van der Waals surface area contributed by atoms with Crippen LogP contribution in [0.25, 0.3) is 0 Å². The number of methoxy groups -OCH3 is 1. The Balaban J connectivity index is 3.40. The Morgan fingerprint density at radius 1 is 1.13 bits per heavy atom. The first kappa shape index (κ1) is 14.4. The summed E-state index contributed by atoms with van der Waals surface area (Å²) in [5, 5.41) is 9.44. The van der Waals surface area contributed by atoms with E-state index in [1.165, 1.54) is 0 Å². The van der Waals surface area contributed by atoms with Gasteiger partial charge in [-0.05, 0) is 0 Å². The average molecular weight is 337 g/mol. The molecule has 10 heteroatoms. The lowest BCUT2D eigenvalue weighted by Gasteiger charge is -2.30. The highest BCUT2D eigenvalue weighted by Gasteiger charge is 2.67. The molecule has 1 rings (SSSR count). The number of aliphatic hydroxyl groups is 1. The average Bonchev–Trinajstić information content (AvgIpc) is 2.94. The maximum Gasteiger partial charge on any atom is 0.383 e. The minimum atomic E-state index is -2.75. The smallest absolute Gasteiger partial charge is 0.383 e. The van der Waals surface area contributed by atoms with Crippen LogP contribution < -0.4 is 0 Å². The summed E-state index contributed by atoms with van der Waals surface area (Å²) in [5.41, 5.74) is 0. The topological polar surface area (TPSA) is 135 Å². The van der Waals surface area contributed by atoms with Crippen LogP contribution in [0.5, 0.6) is 0 Å². The van der Waals surface area contributed by atoms with Crippen LogP contribution in [-0.2, 0) is 42.9 Å². The second-order valence-electron chi connectivity index (χ2n) is 4.34. The molecule has 1 aliphatic rings. The summed E-state index contributed by atoms with van der Waals surface area (Å²) in [6.45, 7) is -3.49. The monoisotopic (exact) mass is 337 g/mol. The molecule has 0 saturated carbocycles. The van der Waals surface area contributed by atoms with Crippen molar-refractivity contribution in [1.29, 1.82) is 0 Å². The molecule has 1 unspecified atom stereocenters. The van der Waals surface area contributed by atoms with Gasteiger partial charge in [-0.2, -0.15) is 0 Å². The fraction of sp³-hybridized carbons (Fsp3) is 0.692. The molecule has 0 aliphatic carbocycles. The van der Waals surface area contributed by atoms with Crippen LogP contribution in [0.15, 0.2) is 0 Å². The Bertz CT molecular complexity index is 556. The van der Waals surface area contributed by atoms with Crippen LogP contribution in [0.2, 0.25) is 0 Å². The Morgan fingerprint density at radius 3 is 2.26 bits per heavy atom. The fourth-order valence-electron chi connectivity index (χ4n) is 2.09. The molecule has 0 aromatic carbocycles. The van der Waals surface area contributed by atoms with Gasteiger partial charge in [-0.15, -0.1) is 0 Å². The van der Waals surface area contributed by atoms with Crippen molar-refractivity contribution in [3.8, 4) is 0 Å². The van der Waals surface area contributed by atoms with E-state index in [9.17, 15) is 24.3 Å². The highest BCUT2D eigenvalue weighted by Crippen LogP contribution is 2.38. The van der Waals surface area contributed by atoms with E-state index in [1.807, 2.05) is 0 Å². The van der Waals surface area contributed by atoms with Crippen LogP contribution in [0, 0.1) is 0 Å². The lowest BCUT2D eigenvalue weighted by molar-refractivity contribution is -0.257. The Hall–Kier alpha value is -2.20. The Kier molecular flexibility index (Phi) is 4.62. The zero-order valence-electron chi connectivity index (χ0n) is 15.2. The lowest BCUT2D eigenvalue weighted by Crippen LogP contribution is -2.55. The highest BCUT2D eigenvalue weighted by molar-refractivity contribution is 5.83. The van der Waals surface area contributed by atoms with E-state index in [0.29, 0.717) is 0 Å². The quantitative estimate of drug-likeness (QED) is 0.475. The molecule has 130 valence electrons. The number of esters is 4. The summed E-state index contributed by atoms with van der Waals surface area (Å²) in [6, 6.07) is 0. The van der Waals surface area contributed by atoms with Gasteiger partial charge >= 0.3 is 29.7 Å². The maximum absolute atomic E-state index is 12.2. The molecule has 1 aliphatic heterocycles. The molecule has 1 N–H and O–H groups in total. The molecule has 1 heterocycles. The summed E-state index contributed by atoms with van der Waals surface area (Å²) in [4.78, 5) is 46.9. The van der Waals surface area contributed by atoms with Gasteiger partial charge in [-0.25, -0.2) is 4.79 Å². The standard InChI is InChI=1S/C13H18O10/c1-6(15)20-10-9(5-14)23-13(12(18)19-4,22-8(3)17)11(10)21-7(2)16/h9-11,14H,5H2,1-4H3/t9-,10-,11+,13?/m1/s1/i1D,2D,3D. The molecule has 0 aromatic heterocycles. The molecule has 0 radical (unpaired) electrons. The molecule has 0 bridgehead atoms. The van der Waals surface area contributed by atoms with Crippen LogP contribution in [-0.4, -0.2) is 66.8 Å². The predicted octanol–water partition coefficient (Wildman–Crippen LogP) is -1.33. The fourth-order valence-corrected chi connectivity index (χ4v) is 2.09. The van der Waals surface area contributed by atoms with Crippen molar-refractivity contribution in [3.05, 3.63) is 0 Å². The SMILES string of the molecule is [2H]CC(=O)O[C@@H]1[C@@H](CO)OC(OC(=O)C[2H])(C(=O)OC)[C@H]1OC(=O)C[2H]. The van der Waals surface area contributed by atoms with Crippen molar-refractivity contribution in [2.45, 2.75) is 44.8 Å². The van der Waals surface area contributed by atoms with E-state index >= 15 is 0 Å². The molecule has 4 atom stereocenters. The molecule has 23 heavy (non-hydrogen) atoms. The number of carbonyl (C=O) groups excluding carboxylic acids is 4. The first-order valence-electron chi connectivity index (χ1n) is 8.27. The van der Waals surface area contributed by atoms with Gasteiger partial charge in [0.15, 0.2) is 6.10 Å². The molecular weight excluding hydrogens is 316 g/mol. The Morgan fingerprint density at radius 2 is 1.74 bits per heavy atom. The van der Waals surface area contributed by atoms with Crippen molar-refractivity contribution < 1.29 is 52.1 Å². The number of rotatable bonds is 5. The molecule has 0 aromatic rings. The summed E-state index contributed by atoms with van der Waals surface area (Å²) in [7, 11) is 0.905. The minimum Gasteiger partial charge on any atom is -0.464 e. The molecule has 0 spiro atoms. The predicted molar refractivity (Wildman–Crippen MR) is 69.6 cm³/mol. The molecule has 1 saturated heterocycles. The van der Waals surface area contributed by atoms with Crippen LogP contribution >= 0.6 is 0 Å². The second-order valence-corrected chi connectivity index (χ2v) is 4.34. The zero-order valence-corrected chi connectivity index (χ0v) is 12.2. The van der Waals surface area contributed by atoms with Gasteiger partial charge in [0.25, 0.3) is 0 Å². The summed E-state index contributed by atoms with van der Waals surface area (Å²) < 4.78 is 45.3. The number of hydrogen-bond donors (Lipinski definition) is 1. The molecular formula is C13H18O10.